The third kappa shape index (κ3) is 2.69. The van der Waals surface area contributed by atoms with Gasteiger partial charge in [-0.3, -0.25) is 0 Å². The minimum atomic E-state index is 0.835. The first-order valence-corrected chi connectivity index (χ1v) is 6.98. The predicted octanol–water partition coefficient (Wildman–Crippen LogP) is 2.31. The first-order valence-electron chi connectivity index (χ1n) is 3.74. The van der Waals surface area contributed by atoms with Crippen molar-refractivity contribution >= 4 is 40.2 Å². The average molecular weight is 241 g/mol. The van der Waals surface area contributed by atoms with E-state index in [1.807, 2.05) is 0 Å². The van der Waals surface area contributed by atoms with Crippen molar-refractivity contribution in [3.8, 4) is 0 Å². The van der Waals surface area contributed by atoms with Gasteiger partial charge in [0.2, 0.25) is 0 Å². The van der Waals surface area contributed by atoms with E-state index in [0.29, 0.717) is 0 Å². The van der Waals surface area contributed by atoms with Gasteiger partial charge in [-0.05, 0) is 0 Å². The molecule has 60 valence electrons. The van der Waals surface area contributed by atoms with Crippen molar-refractivity contribution in [2.75, 3.05) is 11.5 Å². The molecule has 0 radical (unpaired) electrons. The van der Waals surface area contributed by atoms with Crippen molar-refractivity contribution in [1.29, 1.82) is 0 Å². The Morgan fingerprint density at radius 1 is 1.10 bits per heavy atom. The predicted molar refractivity (Wildman–Crippen MR) is 54.8 cm³/mol. The van der Waals surface area contributed by atoms with Gasteiger partial charge in [0.05, 0.1) is 0 Å². The molecule has 0 bridgehead atoms. The van der Waals surface area contributed by atoms with Gasteiger partial charge in [-0.1, -0.05) is 0 Å². The van der Waals surface area contributed by atoms with Gasteiger partial charge in [-0.2, -0.15) is 0 Å². The number of thiol groups is 2. The van der Waals surface area contributed by atoms with Crippen LogP contribution in [0.25, 0.3) is 0 Å². The molecular weight excluding hydrogens is 227 g/mol. The maximum absolute atomic E-state index is 4.33. The molecule has 0 aromatic rings. The summed E-state index contributed by atoms with van der Waals surface area (Å²) in [5, 5.41) is 0. The van der Waals surface area contributed by atoms with Gasteiger partial charge in [0, 0.05) is 0 Å². The van der Waals surface area contributed by atoms with Gasteiger partial charge in [0.1, 0.15) is 0 Å². The Hall–Kier alpha value is 1.22. The molecule has 0 aromatic heterocycles. The third-order valence-electron chi connectivity index (χ3n) is 1.84. The molecule has 0 spiro atoms. The van der Waals surface area contributed by atoms with E-state index in [1.165, 1.54) is 19.3 Å². The van der Waals surface area contributed by atoms with Crippen LogP contribution < -0.4 is 0 Å². The van der Waals surface area contributed by atoms with Gasteiger partial charge < -0.3 is 0 Å². The molecule has 0 aliphatic carbocycles. The fraction of sp³-hybridized carbons (Fsp3) is 1.00. The fourth-order valence-electron chi connectivity index (χ4n) is 1.25. The van der Waals surface area contributed by atoms with E-state index < -0.39 is 0 Å². The van der Waals surface area contributed by atoms with Gasteiger partial charge in [0.25, 0.3) is 0 Å². The van der Waals surface area contributed by atoms with E-state index in [0.717, 1.165) is 36.1 Å². The summed E-state index contributed by atoms with van der Waals surface area (Å²) in [5.74, 6) is 2.20. The molecule has 1 aliphatic rings. The standard InChI is InChI=1S/C7H14S2Se/c8-4-6-2-1-3-7(5-9)10-6/h6-9H,1-5H2. The van der Waals surface area contributed by atoms with E-state index in [4.69, 9.17) is 0 Å². The van der Waals surface area contributed by atoms with Gasteiger partial charge >= 0.3 is 80.6 Å². The zero-order chi connectivity index (χ0) is 7.40. The van der Waals surface area contributed by atoms with Crippen molar-refractivity contribution in [2.45, 2.75) is 28.9 Å². The van der Waals surface area contributed by atoms with Crippen LogP contribution in [0.2, 0.25) is 9.63 Å². The van der Waals surface area contributed by atoms with Gasteiger partial charge in [0.15, 0.2) is 0 Å². The van der Waals surface area contributed by atoms with Crippen molar-refractivity contribution in [3.05, 3.63) is 0 Å². The summed E-state index contributed by atoms with van der Waals surface area (Å²) >= 11 is 9.50. The van der Waals surface area contributed by atoms with Gasteiger partial charge in [-0.25, -0.2) is 0 Å². The van der Waals surface area contributed by atoms with Crippen LogP contribution >= 0.6 is 25.3 Å². The Kier molecular flexibility index (Phi) is 4.63. The normalized spacial score (nSPS) is 34.2. The van der Waals surface area contributed by atoms with E-state index >= 15 is 0 Å². The molecule has 0 saturated carbocycles. The second-order valence-corrected chi connectivity index (χ2v) is 6.77. The van der Waals surface area contributed by atoms with E-state index in [2.05, 4.69) is 25.3 Å². The van der Waals surface area contributed by atoms with Crippen LogP contribution in [-0.4, -0.2) is 26.5 Å². The van der Waals surface area contributed by atoms with E-state index in [1.54, 1.807) is 0 Å². The molecule has 1 saturated heterocycles. The van der Waals surface area contributed by atoms with E-state index in [9.17, 15) is 0 Å². The van der Waals surface area contributed by atoms with Crippen LogP contribution in [0.1, 0.15) is 19.3 Å². The third-order valence-corrected chi connectivity index (χ3v) is 7.14. The summed E-state index contributed by atoms with van der Waals surface area (Å²) in [6, 6.07) is 0. The Bertz CT molecular complexity index is 87.6. The molecule has 0 N–H and O–H groups in total. The quantitative estimate of drug-likeness (QED) is 0.538. The van der Waals surface area contributed by atoms with Crippen LogP contribution in [0.3, 0.4) is 0 Å². The molecule has 2 atom stereocenters. The second kappa shape index (κ2) is 4.97. The maximum atomic E-state index is 4.33. The summed E-state index contributed by atoms with van der Waals surface area (Å²) in [6.45, 7) is 0. The SMILES string of the molecule is SCC1CCCC(CS)[Se]1. The minimum absolute atomic E-state index is 0.835. The van der Waals surface area contributed by atoms with Crippen LogP contribution in [0, 0.1) is 0 Å². The summed E-state index contributed by atoms with van der Waals surface area (Å²) in [7, 11) is 0. The summed E-state index contributed by atoms with van der Waals surface area (Å²) in [6.07, 6.45) is 4.26. The van der Waals surface area contributed by atoms with Gasteiger partial charge in [-0.15, -0.1) is 0 Å². The molecule has 10 heavy (non-hydrogen) atoms. The Balaban J connectivity index is 2.25. The van der Waals surface area contributed by atoms with Crippen LogP contribution in [0.4, 0.5) is 0 Å². The molecule has 0 aromatic carbocycles. The first-order chi connectivity index (χ1) is 4.86. The van der Waals surface area contributed by atoms with Crippen LogP contribution in [0.5, 0.6) is 0 Å². The topological polar surface area (TPSA) is 0 Å². The second-order valence-electron chi connectivity index (χ2n) is 2.68. The summed E-state index contributed by atoms with van der Waals surface area (Å²) in [4.78, 5) is 1.89. The van der Waals surface area contributed by atoms with Crippen molar-refractivity contribution in [3.63, 3.8) is 0 Å². The van der Waals surface area contributed by atoms with Crippen molar-refractivity contribution < 1.29 is 0 Å². The molecule has 1 aliphatic heterocycles. The first kappa shape index (κ1) is 9.31. The zero-order valence-corrected chi connectivity index (χ0v) is 9.49. The zero-order valence-electron chi connectivity index (χ0n) is 5.99. The van der Waals surface area contributed by atoms with Crippen LogP contribution in [0.15, 0.2) is 0 Å². The molecule has 0 amide bonds. The average Bonchev–Trinajstić information content (AvgIpc) is 2.05. The summed E-state index contributed by atoms with van der Waals surface area (Å²) in [5.41, 5.74) is 0. The molecule has 0 nitrogen and oxygen atoms in total. The number of hydrogen-bond donors (Lipinski definition) is 2. The fourth-order valence-corrected chi connectivity index (χ4v) is 5.28. The van der Waals surface area contributed by atoms with Crippen molar-refractivity contribution in [1.82, 2.24) is 0 Å². The molecule has 1 rings (SSSR count). The molecule has 2 unspecified atom stereocenters. The van der Waals surface area contributed by atoms with Crippen molar-refractivity contribution in [2.24, 2.45) is 0 Å². The Morgan fingerprint density at radius 2 is 1.60 bits per heavy atom. The Morgan fingerprint density at radius 3 is 2.00 bits per heavy atom. The molecule has 1 heterocycles. The molecular formula is C7H14S2Se. The van der Waals surface area contributed by atoms with Crippen LogP contribution in [-0.2, 0) is 0 Å². The number of rotatable bonds is 2. The Labute approximate surface area is 80.5 Å². The monoisotopic (exact) mass is 242 g/mol. The molecule has 1 fully saturated rings. The number of hydrogen-bond acceptors (Lipinski definition) is 2. The molecule has 3 heteroatoms. The van der Waals surface area contributed by atoms with E-state index in [-0.39, 0.29) is 0 Å². The summed E-state index contributed by atoms with van der Waals surface area (Å²) < 4.78 is 0.